The maximum Gasteiger partial charge on any atom is 0.326 e. The molecule has 6 heteroatoms. The van der Waals surface area contributed by atoms with E-state index in [1.165, 1.54) is 0 Å². The van der Waals surface area contributed by atoms with Crippen molar-refractivity contribution < 1.29 is 19.1 Å². The summed E-state index contributed by atoms with van der Waals surface area (Å²) in [6.45, 7) is 4.80. The van der Waals surface area contributed by atoms with Crippen LogP contribution in [0.25, 0.3) is 10.8 Å². The lowest BCUT2D eigenvalue weighted by Crippen LogP contribution is -2.38. The quantitative estimate of drug-likeness (QED) is 0.688. The standard InChI is InChI=1S/C19H20N2O4/c1-19(2,3)25-15(22)11-21-17(23)16(20-18(21)24)14-10-6-8-12-7-4-5-9-13(12)14/h4-10,16H,11H2,1-3H3,(H,20,24). The Morgan fingerprint density at radius 2 is 1.80 bits per heavy atom. The molecule has 0 saturated carbocycles. The summed E-state index contributed by atoms with van der Waals surface area (Å²) in [5, 5.41) is 4.53. The molecule has 6 nitrogen and oxygen atoms in total. The van der Waals surface area contributed by atoms with Gasteiger partial charge in [-0.3, -0.25) is 14.5 Å². The molecule has 0 spiro atoms. The highest BCUT2D eigenvalue weighted by Gasteiger charge is 2.41. The Morgan fingerprint density at radius 3 is 2.52 bits per heavy atom. The fourth-order valence-corrected chi connectivity index (χ4v) is 2.88. The van der Waals surface area contributed by atoms with Gasteiger partial charge in [-0.25, -0.2) is 4.79 Å². The van der Waals surface area contributed by atoms with E-state index >= 15 is 0 Å². The lowest BCUT2D eigenvalue weighted by atomic mass is 9.99. The monoisotopic (exact) mass is 340 g/mol. The topological polar surface area (TPSA) is 75.7 Å². The predicted molar refractivity (Wildman–Crippen MR) is 92.8 cm³/mol. The molecule has 1 aliphatic rings. The number of hydrogen-bond donors (Lipinski definition) is 1. The summed E-state index contributed by atoms with van der Waals surface area (Å²) in [6.07, 6.45) is 0. The van der Waals surface area contributed by atoms with E-state index in [1.54, 1.807) is 20.8 Å². The lowest BCUT2D eigenvalue weighted by Gasteiger charge is -2.21. The number of ether oxygens (including phenoxy) is 1. The Bertz CT molecular complexity index is 849. The van der Waals surface area contributed by atoms with Gasteiger partial charge in [-0.15, -0.1) is 0 Å². The zero-order chi connectivity index (χ0) is 18.2. The molecule has 1 heterocycles. The smallest absolute Gasteiger partial charge is 0.326 e. The van der Waals surface area contributed by atoms with Crippen LogP contribution < -0.4 is 5.32 Å². The van der Waals surface area contributed by atoms with E-state index in [1.807, 2.05) is 42.5 Å². The molecule has 1 aliphatic heterocycles. The zero-order valence-electron chi connectivity index (χ0n) is 14.4. The van der Waals surface area contributed by atoms with Gasteiger partial charge in [0.15, 0.2) is 0 Å². The van der Waals surface area contributed by atoms with E-state index in [0.717, 1.165) is 15.7 Å². The van der Waals surface area contributed by atoms with Crippen LogP contribution in [0.15, 0.2) is 42.5 Å². The first-order valence-corrected chi connectivity index (χ1v) is 8.08. The van der Waals surface area contributed by atoms with Crippen molar-refractivity contribution >= 4 is 28.7 Å². The number of hydrogen-bond acceptors (Lipinski definition) is 4. The van der Waals surface area contributed by atoms with E-state index in [0.29, 0.717) is 5.56 Å². The van der Waals surface area contributed by atoms with E-state index in [4.69, 9.17) is 4.74 Å². The van der Waals surface area contributed by atoms with Gasteiger partial charge in [0.05, 0.1) is 0 Å². The Labute approximate surface area is 145 Å². The van der Waals surface area contributed by atoms with Gasteiger partial charge in [-0.1, -0.05) is 42.5 Å². The first-order chi connectivity index (χ1) is 11.8. The van der Waals surface area contributed by atoms with E-state index in [2.05, 4.69) is 5.32 Å². The number of fused-ring (bicyclic) bond motifs is 1. The average molecular weight is 340 g/mol. The Hall–Kier alpha value is -2.89. The van der Waals surface area contributed by atoms with Gasteiger partial charge in [0.2, 0.25) is 0 Å². The largest absolute Gasteiger partial charge is 0.459 e. The van der Waals surface area contributed by atoms with Crippen molar-refractivity contribution in [3.8, 4) is 0 Å². The summed E-state index contributed by atoms with van der Waals surface area (Å²) in [5.41, 5.74) is 0.0360. The molecule has 0 radical (unpaired) electrons. The molecule has 1 saturated heterocycles. The molecule has 1 atom stereocenters. The summed E-state index contributed by atoms with van der Waals surface area (Å²) in [6, 6.07) is 11.8. The first kappa shape index (κ1) is 17.0. The first-order valence-electron chi connectivity index (χ1n) is 8.08. The molecule has 25 heavy (non-hydrogen) atoms. The molecule has 1 fully saturated rings. The zero-order valence-corrected chi connectivity index (χ0v) is 14.4. The van der Waals surface area contributed by atoms with Crippen molar-refractivity contribution in [3.05, 3.63) is 48.0 Å². The second-order valence-corrected chi connectivity index (χ2v) is 6.96. The van der Waals surface area contributed by atoms with Crippen molar-refractivity contribution in [1.82, 2.24) is 10.2 Å². The van der Waals surface area contributed by atoms with Crippen molar-refractivity contribution in [2.75, 3.05) is 6.54 Å². The third-order valence-electron chi connectivity index (χ3n) is 3.87. The summed E-state index contributed by atoms with van der Waals surface area (Å²) < 4.78 is 5.19. The number of benzene rings is 2. The molecule has 1 unspecified atom stereocenters. The lowest BCUT2D eigenvalue weighted by molar-refractivity contribution is -0.157. The van der Waals surface area contributed by atoms with Crippen molar-refractivity contribution in [2.45, 2.75) is 32.4 Å². The molecule has 3 rings (SSSR count). The second-order valence-electron chi connectivity index (χ2n) is 6.96. The highest BCUT2D eigenvalue weighted by Crippen LogP contribution is 2.28. The summed E-state index contributed by atoms with van der Waals surface area (Å²) in [5.74, 6) is -1.07. The van der Waals surface area contributed by atoms with Crippen LogP contribution in [-0.2, 0) is 14.3 Å². The number of urea groups is 1. The van der Waals surface area contributed by atoms with Crippen LogP contribution in [0.5, 0.6) is 0 Å². The summed E-state index contributed by atoms with van der Waals surface area (Å²) >= 11 is 0. The Balaban J connectivity index is 1.85. The van der Waals surface area contributed by atoms with Gasteiger partial charge in [-0.05, 0) is 37.1 Å². The Morgan fingerprint density at radius 1 is 1.12 bits per heavy atom. The minimum atomic E-state index is -0.805. The Kier molecular flexibility index (Phi) is 4.20. The normalized spacial score (nSPS) is 17.7. The van der Waals surface area contributed by atoms with Crippen LogP contribution >= 0.6 is 0 Å². The molecule has 3 amide bonds. The molecule has 1 N–H and O–H groups in total. The molecule has 0 bridgehead atoms. The number of imide groups is 1. The number of amides is 3. The van der Waals surface area contributed by atoms with E-state index < -0.39 is 36.1 Å². The van der Waals surface area contributed by atoms with Crippen LogP contribution in [0, 0.1) is 0 Å². The van der Waals surface area contributed by atoms with Crippen LogP contribution in [0.4, 0.5) is 4.79 Å². The van der Waals surface area contributed by atoms with Crippen LogP contribution in [0.3, 0.4) is 0 Å². The maximum absolute atomic E-state index is 12.7. The van der Waals surface area contributed by atoms with Crippen LogP contribution in [-0.4, -0.2) is 35.0 Å². The van der Waals surface area contributed by atoms with Crippen LogP contribution in [0.1, 0.15) is 32.4 Å². The van der Waals surface area contributed by atoms with E-state index in [-0.39, 0.29) is 0 Å². The third-order valence-corrected chi connectivity index (χ3v) is 3.87. The molecular formula is C19H20N2O4. The van der Waals surface area contributed by atoms with Gasteiger partial charge in [0.1, 0.15) is 18.2 Å². The molecule has 0 aromatic heterocycles. The average Bonchev–Trinajstić information content (AvgIpc) is 2.80. The number of nitrogens with one attached hydrogen (secondary N) is 1. The van der Waals surface area contributed by atoms with E-state index in [9.17, 15) is 14.4 Å². The molecular weight excluding hydrogens is 320 g/mol. The van der Waals surface area contributed by atoms with Gasteiger partial charge >= 0.3 is 12.0 Å². The molecule has 130 valence electrons. The fraction of sp³-hybridized carbons (Fsp3) is 0.316. The summed E-state index contributed by atoms with van der Waals surface area (Å²) in [4.78, 5) is 37.8. The van der Waals surface area contributed by atoms with Crippen molar-refractivity contribution in [3.63, 3.8) is 0 Å². The summed E-state index contributed by atoms with van der Waals surface area (Å²) in [7, 11) is 0. The third kappa shape index (κ3) is 3.47. The number of esters is 1. The van der Waals surface area contributed by atoms with Gasteiger partial charge in [0.25, 0.3) is 5.91 Å². The maximum atomic E-state index is 12.7. The highest BCUT2D eigenvalue weighted by molar-refractivity contribution is 6.08. The van der Waals surface area contributed by atoms with Crippen molar-refractivity contribution in [2.24, 2.45) is 0 Å². The van der Waals surface area contributed by atoms with Gasteiger partial charge in [0, 0.05) is 0 Å². The predicted octanol–water partition coefficient (Wildman–Crippen LogP) is 2.77. The van der Waals surface area contributed by atoms with Crippen LogP contribution in [0.2, 0.25) is 0 Å². The minimum Gasteiger partial charge on any atom is -0.459 e. The number of nitrogens with zero attached hydrogens (tertiary/aromatic N) is 1. The minimum absolute atomic E-state index is 0.400. The number of carbonyl (C=O) groups excluding carboxylic acids is 3. The number of rotatable bonds is 3. The van der Waals surface area contributed by atoms with Gasteiger partial charge < -0.3 is 10.1 Å². The molecule has 2 aromatic carbocycles. The number of carbonyl (C=O) groups is 3. The van der Waals surface area contributed by atoms with Crippen molar-refractivity contribution in [1.29, 1.82) is 0 Å². The molecule has 2 aromatic rings. The second kappa shape index (κ2) is 6.20. The van der Waals surface area contributed by atoms with Gasteiger partial charge in [-0.2, -0.15) is 0 Å². The fourth-order valence-electron chi connectivity index (χ4n) is 2.88. The SMILES string of the molecule is CC(C)(C)OC(=O)CN1C(=O)NC(c2cccc3ccccc23)C1=O. The highest BCUT2D eigenvalue weighted by atomic mass is 16.6. The molecule has 0 aliphatic carbocycles.